The number of hydrogen-bond donors (Lipinski definition) is 0. The number of aromatic nitrogens is 1. The number of methoxy groups -OCH3 is 1. The zero-order valence-corrected chi connectivity index (χ0v) is 18.8. The molecular weight excluding hydrogens is 468 g/mol. The number of fused-ring (bicyclic) bond motifs is 2. The second-order valence-corrected chi connectivity index (χ2v) is 8.01. The standard InChI is InChI=1S/C18H15NO2.C8H4BrNO/c1-21-18(20)17(14-8-3-2-4-9-14)16-12-11-13-7-5-6-10-15(13)19-16;9-6-1-2-7-5(3-6)4-10-8(7)11/h2-12,17H,1H3;1-4H/t17-;/m0./s1. The molecule has 1 amide bonds. The third-order valence-corrected chi connectivity index (χ3v) is 5.54. The smallest absolute Gasteiger partial charge is 0.319 e. The number of rotatable bonds is 3. The van der Waals surface area contributed by atoms with Crippen LogP contribution in [0.3, 0.4) is 0 Å². The van der Waals surface area contributed by atoms with Crippen molar-refractivity contribution in [3.8, 4) is 0 Å². The van der Waals surface area contributed by atoms with Gasteiger partial charge in [0.05, 0.1) is 23.9 Å². The molecule has 1 aromatic heterocycles. The van der Waals surface area contributed by atoms with Crippen LogP contribution in [0.2, 0.25) is 0 Å². The van der Waals surface area contributed by atoms with Gasteiger partial charge in [-0.2, -0.15) is 0 Å². The molecule has 0 N–H and O–H groups in total. The molecule has 1 aliphatic heterocycles. The van der Waals surface area contributed by atoms with Crippen molar-refractivity contribution in [1.82, 2.24) is 4.98 Å². The van der Waals surface area contributed by atoms with Crippen molar-refractivity contribution in [2.24, 2.45) is 4.99 Å². The van der Waals surface area contributed by atoms with Crippen LogP contribution in [0.4, 0.5) is 0 Å². The first-order valence-corrected chi connectivity index (χ1v) is 10.7. The quantitative estimate of drug-likeness (QED) is 0.355. The molecule has 0 fully saturated rings. The van der Waals surface area contributed by atoms with E-state index in [0.29, 0.717) is 11.3 Å². The normalized spacial score (nSPS) is 12.6. The summed E-state index contributed by atoms with van der Waals surface area (Å²) < 4.78 is 5.92. The Kier molecular flexibility index (Phi) is 6.52. The van der Waals surface area contributed by atoms with E-state index < -0.39 is 5.92 Å². The Morgan fingerprint density at radius 1 is 0.938 bits per heavy atom. The maximum absolute atomic E-state index is 12.2. The number of pyridine rings is 1. The number of esters is 1. The van der Waals surface area contributed by atoms with Crippen molar-refractivity contribution >= 4 is 44.9 Å². The van der Waals surface area contributed by atoms with Gasteiger partial charge in [-0.3, -0.25) is 14.6 Å². The zero-order valence-electron chi connectivity index (χ0n) is 17.2. The van der Waals surface area contributed by atoms with E-state index >= 15 is 0 Å². The number of aliphatic imine (C=N–C) groups is 1. The molecule has 2 heterocycles. The molecule has 0 spiro atoms. The average Bonchev–Trinajstić information content (AvgIpc) is 3.19. The van der Waals surface area contributed by atoms with E-state index in [1.165, 1.54) is 7.11 Å². The molecule has 6 heteroatoms. The third-order valence-electron chi connectivity index (χ3n) is 5.05. The van der Waals surface area contributed by atoms with Crippen molar-refractivity contribution in [2.75, 3.05) is 7.11 Å². The summed E-state index contributed by atoms with van der Waals surface area (Å²) in [5.74, 6) is -0.947. The number of carbonyl (C=O) groups excluding carboxylic acids is 2. The van der Waals surface area contributed by atoms with Gasteiger partial charge in [-0.1, -0.05) is 70.5 Å². The maximum atomic E-state index is 12.2. The van der Waals surface area contributed by atoms with Crippen LogP contribution >= 0.6 is 15.9 Å². The second kappa shape index (κ2) is 9.66. The molecule has 0 saturated carbocycles. The highest BCUT2D eigenvalue weighted by atomic mass is 79.9. The van der Waals surface area contributed by atoms with E-state index in [2.05, 4.69) is 25.9 Å². The summed E-state index contributed by atoms with van der Waals surface area (Å²) in [7, 11) is 1.40. The summed E-state index contributed by atoms with van der Waals surface area (Å²) in [5, 5.41) is 1.05. The van der Waals surface area contributed by atoms with Crippen LogP contribution in [0.25, 0.3) is 10.9 Å². The van der Waals surface area contributed by atoms with Crippen LogP contribution in [0.5, 0.6) is 0 Å². The number of amides is 1. The van der Waals surface area contributed by atoms with Crippen molar-refractivity contribution in [3.63, 3.8) is 0 Å². The van der Waals surface area contributed by atoms with Crippen LogP contribution in [0, 0.1) is 0 Å². The molecule has 0 radical (unpaired) electrons. The number of nitrogens with zero attached hydrogens (tertiary/aromatic N) is 2. The molecule has 0 aliphatic carbocycles. The predicted molar refractivity (Wildman–Crippen MR) is 128 cm³/mol. The van der Waals surface area contributed by atoms with Gasteiger partial charge in [0, 0.05) is 21.6 Å². The minimum absolute atomic E-state index is 0.146. The Morgan fingerprint density at radius 2 is 1.69 bits per heavy atom. The molecule has 0 saturated heterocycles. The molecule has 0 unspecified atom stereocenters. The highest BCUT2D eigenvalue weighted by Gasteiger charge is 2.25. The Bertz CT molecular complexity index is 1320. The highest BCUT2D eigenvalue weighted by Crippen LogP contribution is 2.26. The summed E-state index contributed by atoms with van der Waals surface area (Å²) in [6, 6.07) is 26.8. The van der Waals surface area contributed by atoms with Crippen molar-refractivity contribution < 1.29 is 14.3 Å². The minimum Gasteiger partial charge on any atom is -0.468 e. The molecular formula is C26H19BrN2O3. The molecule has 4 aromatic rings. The summed E-state index contributed by atoms with van der Waals surface area (Å²) in [5.41, 5.74) is 4.04. The lowest BCUT2D eigenvalue weighted by Gasteiger charge is -2.15. The van der Waals surface area contributed by atoms with E-state index in [0.717, 1.165) is 26.5 Å². The summed E-state index contributed by atoms with van der Waals surface area (Å²) >= 11 is 3.31. The Labute approximate surface area is 193 Å². The molecule has 0 bridgehead atoms. The van der Waals surface area contributed by atoms with Gasteiger partial charge in [0.25, 0.3) is 5.91 Å². The van der Waals surface area contributed by atoms with E-state index in [9.17, 15) is 9.59 Å². The third kappa shape index (κ3) is 4.65. The van der Waals surface area contributed by atoms with Crippen LogP contribution in [0.15, 0.2) is 94.4 Å². The first-order chi connectivity index (χ1) is 15.6. The monoisotopic (exact) mass is 486 g/mol. The van der Waals surface area contributed by atoms with E-state index in [1.807, 2.05) is 78.9 Å². The van der Waals surface area contributed by atoms with E-state index in [4.69, 9.17) is 4.74 Å². The van der Waals surface area contributed by atoms with Gasteiger partial charge in [0.2, 0.25) is 0 Å². The fraction of sp³-hybridized carbons (Fsp3) is 0.0769. The van der Waals surface area contributed by atoms with E-state index in [-0.39, 0.29) is 11.9 Å². The van der Waals surface area contributed by atoms with Gasteiger partial charge in [-0.15, -0.1) is 0 Å². The fourth-order valence-electron chi connectivity index (χ4n) is 3.47. The van der Waals surface area contributed by atoms with Crippen molar-refractivity contribution in [3.05, 3.63) is 112 Å². The Hall–Kier alpha value is -3.64. The fourth-order valence-corrected chi connectivity index (χ4v) is 3.85. The van der Waals surface area contributed by atoms with Gasteiger partial charge in [-0.05, 0) is 35.9 Å². The first kappa shape index (κ1) is 21.6. The number of halogens is 1. The lowest BCUT2D eigenvalue weighted by Crippen LogP contribution is -2.16. The van der Waals surface area contributed by atoms with Gasteiger partial charge in [-0.25, -0.2) is 4.99 Å². The Morgan fingerprint density at radius 3 is 2.47 bits per heavy atom. The first-order valence-electron chi connectivity index (χ1n) is 9.93. The second-order valence-electron chi connectivity index (χ2n) is 7.09. The predicted octanol–water partition coefficient (Wildman–Crippen LogP) is 5.56. The number of para-hydroxylation sites is 1. The molecule has 1 aliphatic rings. The van der Waals surface area contributed by atoms with Crippen LogP contribution in [-0.4, -0.2) is 30.2 Å². The lowest BCUT2D eigenvalue weighted by atomic mass is 9.95. The summed E-state index contributed by atoms with van der Waals surface area (Å²) in [6.07, 6.45) is 1.59. The summed E-state index contributed by atoms with van der Waals surface area (Å²) in [4.78, 5) is 31.4. The van der Waals surface area contributed by atoms with Gasteiger partial charge >= 0.3 is 5.97 Å². The lowest BCUT2D eigenvalue weighted by molar-refractivity contribution is -0.141. The Balaban J connectivity index is 0.000000186. The molecule has 5 rings (SSSR count). The van der Waals surface area contributed by atoms with E-state index in [1.54, 1.807) is 12.3 Å². The van der Waals surface area contributed by atoms with Crippen molar-refractivity contribution in [1.29, 1.82) is 0 Å². The van der Waals surface area contributed by atoms with Crippen LogP contribution < -0.4 is 0 Å². The van der Waals surface area contributed by atoms with Gasteiger partial charge in [0.1, 0.15) is 5.92 Å². The molecule has 5 nitrogen and oxygen atoms in total. The number of ether oxygens (including phenoxy) is 1. The zero-order chi connectivity index (χ0) is 22.5. The maximum Gasteiger partial charge on any atom is 0.319 e. The number of hydrogen-bond acceptors (Lipinski definition) is 4. The van der Waals surface area contributed by atoms with Crippen LogP contribution in [0.1, 0.15) is 33.1 Å². The summed E-state index contributed by atoms with van der Waals surface area (Å²) in [6.45, 7) is 0. The van der Waals surface area contributed by atoms with Crippen molar-refractivity contribution in [2.45, 2.75) is 5.92 Å². The molecule has 32 heavy (non-hydrogen) atoms. The largest absolute Gasteiger partial charge is 0.468 e. The van der Waals surface area contributed by atoms with Gasteiger partial charge in [0.15, 0.2) is 0 Å². The topological polar surface area (TPSA) is 68.6 Å². The molecule has 1 atom stereocenters. The highest BCUT2D eigenvalue weighted by molar-refractivity contribution is 9.10. The number of benzene rings is 3. The minimum atomic E-state index is -0.499. The number of carbonyl (C=O) groups is 2. The average molecular weight is 487 g/mol. The van der Waals surface area contributed by atoms with Gasteiger partial charge < -0.3 is 4.74 Å². The SMILES string of the molecule is COC(=O)[C@@H](c1ccccc1)c1ccc2ccccc2n1.O=C1N=Cc2cc(Br)ccc21. The molecule has 3 aromatic carbocycles. The van der Waals surface area contributed by atoms with Crippen LogP contribution in [-0.2, 0) is 9.53 Å². The molecule has 158 valence electrons.